The van der Waals surface area contributed by atoms with Crippen molar-refractivity contribution in [1.29, 1.82) is 0 Å². The second-order valence-electron chi connectivity index (χ2n) is 7.11. The lowest BCUT2D eigenvalue weighted by molar-refractivity contribution is -0.384. The standard InChI is InChI=1S/C21H21N3O6/c1-13-5-3-6-14(2)20(13)22-18(25)12-30-21(27)15-9-19(26)23(11-15)16-7-4-8-17(10-16)24(28)29/h3-8,10,15H,9,11-12H2,1-2H3,(H,22,25)/t15-/m1/s1. The maximum atomic E-state index is 12.3. The van der Waals surface area contributed by atoms with Gasteiger partial charge in [0.1, 0.15) is 0 Å². The van der Waals surface area contributed by atoms with Gasteiger partial charge >= 0.3 is 5.97 Å². The molecule has 1 N–H and O–H groups in total. The predicted octanol–water partition coefficient (Wildman–Crippen LogP) is 2.75. The summed E-state index contributed by atoms with van der Waals surface area (Å²) >= 11 is 0. The Hall–Kier alpha value is -3.75. The highest BCUT2D eigenvalue weighted by Gasteiger charge is 2.36. The van der Waals surface area contributed by atoms with Gasteiger partial charge in [0.25, 0.3) is 11.6 Å². The topological polar surface area (TPSA) is 119 Å². The van der Waals surface area contributed by atoms with Gasteiger partial charge in [0.05, 0.1) is 16.5 Å². The number of non-ortho nitro benzene ring substituents is 1. The molecule has 30 heavy (non-hydrogen) atoms. The number of nitro groups is 1. The van der Waals surface area contributed by atoms with Crippen molar-refractivity contribution < 1.29 is 24.0 Å². The van der Waals surface area contributed by atoms with E-state index in [1.54, 1.807) is 6.07 Å². The highest BCUT2D eigenvalue weighted by Crippen LogP contribution is 2.28. The van der Waals surface area contributed by atoms with Gasteiger partial charge in [0.15, 0.2) is 6.61 Å². The summed E-state index contributed by atoms with van der Waals surface area (Å²) < 4.78 is 5.10. The summed E-state index contributed by atoms with van der Waals surface area (Å²) in [5, 5.41) is 13.7. The molecule has 2 amide bonds. The van der Waals surface area contributed by atoms with E-state index in [0.717, 1.165) is 11.1 Å². The van der Waals surface area contributed by atoms with Crippen LogP contribution in [0.3, 0.4) is 0 Å². The molecule has 0 spiro atoms. The van der Waals surface area contributed by atoms with E-state index >= 15 is 0 Å². The molecule has 1 aliphatic rings. The molecule has 0 bridgehead atoms. The van der Waals surface area contributed by atoms with Gasteiger partial charge in [-0.1, -0.05) is 24.3 Å². The highest BCUT2D eigenvalue weighted by atomic mass is 16.6. The third kappa shape index (κ3) is 4.62. The van der Waals surface area contributed by atoms with Crippen molar-refractivity contribution >= 4 is 34.8 Å². The molecule has 0 unspecified atom stereocenters. The van der Waals surface area contributed by atoms with Crippen LogP contribution >= 0.6 is 0 Å². The van der Waals surface area contributed by atoms with Crippen LogP contribution in [0.2, 0.25) is 0 Å². The fourth-order valence-corrected chi connectivity index (χ4v) is 3.33. The van der Waals surface area contributed by atoms with Gasteiger partial charge in [-0.25, -0.2) is 0 Å². The Labute approximate surface area is 172 Å². The molecule has 1 atom stereocenters. The number of hydrogen-bond acceptors (Lipinski definition) is 6. The van der Waals surface area contributed by atoms with E-state index < -0.39 is 29.3 Å². The van der Waals surface area contributed by atoms with Gasteiger partial charge < -0.3 is 15.0 Å². The lowest BCUT2D eigenvalue weighted by Crippen LogP contribution is -2.28. The Morgan fingerprint density at radius 3 is 2.53 bits per heavy atom. The van der Waals surface area contributed by atoms with Crippen molar-refractivity contribution in [3.05, 3.63) is 63.7 Å². The first-order valence-electron chi connectivity index (χ1n) is 9.34. The summed E-state index contributed by atoms with van der Waals surface area (Å²) in [5.74, 6) is -2.21. The number of benzene rings is 2. The molecule has 0 aromatic heterocycles. The minimum atomic E-state index is -0.746. The Bertz CT molecular complexity index is 999. The lowest BCUT2D eigenvalue weighted by atomic mass is 10.1. The largest absolute Gasteiger partial charge is 0.455 e. The quantitative estimate of drug-likeness (QED) is 0.443. The highest BCUT2D eigenvalue weighted by molar-refractivity contribution is 6.00. The Balaban J connectivity index is 1.58. The van der Waals surface area contributed by atoms with E-state index in [9.17, 15) is 24.5 Å². The number of para-hydroxylation sites is 1. The van der Waals surface area contributed by atoms with Crippen molar-refractivity contribution in [3.8, 4) is 0 Å². The number of hydrogen-bond donors (Lipinski definition) is 1. The average Bonchev–Trinajstić information content (AvgIpc) is 3.11. The molecule has 0 radical (unpaired) electrons. The SMILES string of the molecule is Cc1cccc(C)c1NC(=O)COC(=O)[C@@H]1CC(=O)N(c2cccc([N+](=O)[O-])c2)C1. The zero-order valence-electron chi connectivity index (χ0n) is 16.6. The van der Waals surface area contributed by atoms with Crippen molar-refractivity contribution in [2.75, 3.05) is 23.4 Å². The smallest absolute Gasteiger partial charge is 0.311 e. The van der Waals surface area contributed by atoms with Crippen LogP contribution in [0.15, 0.2) is 42.5 Å². The maximum Gasteiger partial charge on any atom is 0.311 e. The molecular weight excluding hydrogens is 390 g/mol. The van der Waals surface area contributed by atoms with Crippen LogP contribution in [0.4, 0.5) is 17.1 Å². The monoisotopic (exact) mass is 411 g/mol. The third-order valence-corrected chi connectivity index (χ3v) is 4.90. The summed E-state index contributed by atoms with van der Waals surface area (Å²) in [6.07, 6.45) is -0.0833. The van der Waals surface area contributed by atoms with Crippen LogP contribution in [0.1, 0.15) is 17.5 Å². The van der Waals surface area contributed by atoms with Gasteiger partial charge in [-0.2, -0.15) is 0 Å². The van der Waals surface area contributed by atoms with E-state index in [1.165, 1.54) is 23.1 Å². The zero-order valence-corrected chi connectivity index (χ0v) is 16.6. The number of rotatable bonds is 6. The molecule has 2 aromatic rings. The van der Waals surface area contributed by atoms with Crippen molar-refractivity contribution in [2.24, 2.45) is 5.92 Å². The number of carbonyl (C=O) groups excluding carboxylic acids is 3. The molecule has 156 valence electrons. The number of anilines is 2. The molecule has 1 fully saturated rings. The summed E-state index contributed by atoms with van der Waals surface area (Å²) in [6, 6.07) is 11.3. The second-order valence-corrected chi connectivity index (χ2v) is 7.11. The number of ether oxygens (including phenoxy) is 1. The minimum Gasteiger partial charge on any atom is -0.455 e. The number of nitrogens with one attached hydrogen (secondary N) is 1. The summed E-state index contributed by atoms with van der Waals surface area (Å²) in [5.41, 5.74) is 2.66. The second kappa shape index (κ2) is 8.73. The normalized spacial score (nSPS) is 15.7. The number of esters is 1. The van der Waals surface area contributed by atoms with Crippen LogP contribution in [0, 0.1) is 29.9 Å². The fraction of sp³-hybridized carbons (Fsp3) is 0.286. The zero-order chi connectivity index (χ0) is 21.8. The number of nitrogens with zero attached hydrogens (tertiary/aromatic N) is 2. The van der Waals surface area contributed by atoms with E-state index in [1.807, 2.05) is 32.0 Å². The molecule has 0 aliphatic carbocycles. The summed E-state index contributed by atoms with van der Waals surface area (Å²) in [7, 11) is 0. The molecule has 1 aliphatic heterocycles. The molecule has 1 heterocycles. The van der Waals surface area contributed by atoms with Crippen molar-refractivity contribution in [3.63, 3.8) is 0 Å². The molecule has 3 rings (SSSR count). The van der Waals surface area contributed by atoms with Crippen LogP contribution in [-0.4, -0.2) is 35.9 Å². The van der Waals surface area contributed by atoms with Gasteiger partial charge in [0.2, 0.25) is 5.91 Å². The van der Waals surface area contributed by atoms with Crippen LogP contribution < -0.4 is 10.2 Å². The predicted molar refractivity (Wildman–Crippen MR) is 109 cm³/mol. The number of nitro benzene ring substituents is 1. The van der Waals surface area contributed by atoms with Gasteiger partial charge in [-0.15, -0.1) is 0 Å². The van der Waals surface area contributed by atoms with Crippen LogP contribution in [0.5, 0.6) is 0 Å². The maximum absolute atomic E-state index is 12.3. The van der Waals surface area contributed by atoms with Gasteiger partial charge in [-0.05, 0) is 31.0 Å². The summed E-state index contributed by atoms with van der Waals surface area (Å²) in [4.78, 5) is 48.5. The molecular formula is C21H21N3O6. The van der Waals surface area contributed by atoms with Crippen molar-refractivity contribution in [1.82, 2.24) is 0 Å². The van der Waals surface area contributed by atoms with E-state index in [0.29, 0.717) is 11.4 Å². The third-order valence-electron chi connectivity index (χ3n) is 4.90. The molecule has 9 heteroatoms. The first kappa shape index (κ1) is 21.0. The van der Waals surface area contributed by atoms with Gasteiger partial charge in [0, 0.05) is 30.8 Å². The van der Waals surface area contributed by atoms with E-state index in [4.69, 9.17) is 4.74 Å². The molecule has 0 saturated carbocycles. The summed E-state index contributed by atoms with van der Waals surface area (Å²) in [6.45, 7) is 3.30. The van der Waals surface area contributed by atoms with Crippen LogP contribution in [0.25, 0.3) is 0 Å². The molecule has 1 saturated heterocycles. The Morgan fingerprint density at radius 1 is 1.20 bits per heavy atom. The average molecular weight is 411 g/mol. The van der Waals surface area contributed by atoms with E-state index in [2.05, 4.69) is 5.32 Å². The number of carbonyl (C=O) groups is 3. The Kier molecular flexibility index (Phi) is 6.10. The Morgan fingerprint density at radius 2 is 1.87 bits per heavy atom. The number of aryl methyl sites for hydroxylation is 2. The van der Waals surface area contributed by atoms with Crippen LogP contribution in [-0.2, 0) is 19.1 Å². The molecule has 2 aromatic carbocycles. The van der Waals surface area contributed by atoms with Gasteiger partial charge in [-0.3, -0.25) is 24.5 Å². The first-order valence-corrected chi connectivity index (χ1v) is 9.34. The minimum absolute atomic E-state index is 0.0390. The number of amides is 2. The van der Waals surface area contributed by atoms with E-state index in [-0.39, 0.29) is 24.6 Å². The fourth-order valence-electron chi connectivity index (χ4n) is 3.33. The first-order chi connectivity index (χ1) is 14.3. The molecule has 9 nitrogen and oxygen atoms in total. The lowest BCUT2D eigenvalue weighted by Gasteiger charge is -2.16. The van der Waals surface area contributed by atoms with Crippen molar-refractivity contribution in [2.45, 2.75) is 20.3 Å².